The molecule has 0 unspecified atom stereocenters. The van der Waals surface area contributed by atoms with E-state index in [9.17, 15) is 17.6 Å². The van der Waals surface area contributed by atoms with Gasteiger partial charge in [0.25, 0.3) is 5.91 Å². The van der Waals surface area contributed by atoms with Gasteiger partial charge in [0, 0.05) is 26.2 Å². The molecule has 0 N–H and O–H groups in total. The fraction of sp³-hybridized carbons (Fsp3) is 0.350. The van der Waals surface area contributed by atoms with E-state index in [2.05, 4.69) is 0 Å². The van der Waals surface area contributed by atoms with Gasteiger partial charge in [-0.1, -0.05) is 23.7 Å². The van der Waals surface area contributed by atoms with Crippen LogP contribution in [0.4, 0.5) is 4.39 Å². The van der Waals surface area contributed by atoms with Crippen molar-refractivity contribution in [3.05, 3.63) is 58.4 Å². The predicted octanol–water partition coefficient (Wildman–Crippen LogP) is 3.01. The molecule has 0 spiro atoms. The summed E-state index contributed by atoms with van der Waals surface area (Å²) in [4.78, 5) is 14.2. The number of benzene rings is 2. The van der Waals surface area contributed by atoms with E-state index in [-0.39, 0.29) is 49.5 Å². The molecule has 2 aromatic rings. The number of ether oxygens (including phenoxy) is 1. The molecule has 156 valence electrons. The van der Waals surface area contributed by atoms with E-state index in [4.69, 9.17) is 16.3 Å². The first kappa shape index (κ1) is 21.5. The van der Waals surface area contributed by atoms with Crippen molar-refractivity contribution in [2.75, 3.05) is 32.8 Å². The predicted molar refractivity (Wildman–Crippen MR) is 108 cm³/mol. The smallest absolute Gasteiger partial charge is 0.260 e. The summed E-state index contributed by atoms with van der Waals surface area (Å²) in [6, 6.07) is 9.00. The van der Waals surface area contributed by atoms with Crippen molar-refractivity contribution < 1.29 is 22.3 Å². The van der Waals surface area contributed by atoms with Gasteiger partial charge in [-0.2, -0.15) is 4.31 Å². The van der Waals surface area contributed by atoms with Crippen molar-refractivity contribution in [3.8, 4) is 5.75 Å². The number of hydrogen-bond donors (Lipinski definition) is 0. The minimum Gasteiger partial charge on any atom is -0.482 e. The van der Waals surface area contributed by atoms with E-state index in [1.165, 1.54) is 16.4 Å². The van der Waals surface area contributed by atoms with Crippen molar-refractivity contribution in [1.82, 2.24) is 9.21 Å². The van der Waals surface area contributed by atoms with Gasteiger partial charge in [0.1, 0.15) is 11.6 Å². The highest BCUT2D eigenvalue weighted by atomic mass is 35.5. The van der Waals surface area contributed by atoms with Crippen LogP contribution >= 0.6 is 11.6 Å². The van der Waals surface area contributed by atoms with Crippen LogP contribution < -0.4 is 4.74 Å². The van der Waals surface area contributed by atoms with Crippen LogP contribution in [-0.2, 0) is 14.8 Å². The molecule has 1 aliphatic heterocycles. The number of nitrogens with zero attached hydrogens (tertiary/aromatic N) is 2. The highest BCUT2D eigenvalue weighted by Gasteiger charge is 2.31. The highest BCUT2D eigenvalue weighted by Crippen LogP contribution is 2.25. The molecule has 1 saturated heterocycles. The maximum Gasteiger partial charge on any atom is 0.260 e. The van der Waals surface area contributed by atoms with Gasteiger partial charge < -0.3 is 9.64 Å². The number of aryl methyl sites for hydroxylation is 2. The van der Waals surface area contributed by atoms with Crippen LogP contribution in [0.3, 0.4) is 0 Å². The zero-order valence-electron chi connectivity index (χ0n) is 16.2. The molecule has 1 amide bonds. The average molecular weight is 441 g/mol. The van der Waals surface area contributed by atoms with Crippen LogP contribution in [0.2, 0.25) is 5.02 Å². The average Bonchev–Trinajstić information content (AvgIpc) is 2.69. The Morgan fingerprint density at radius 1 is 1.10 bits per heavy atom. The third-order valence-electron chi connectivity index (χ3n) is 4.80. The minimum absolute atomic E-state index is 0.0854. The maximum absolute atomic E-state index is 13.1. The third kappa shape index (κ3) is 4.88. The summed E-state index contributed by atoms with van der Waals surface area (Å²) >= 11 is 5.89. The van der Waals surface area contributed by atoms with Gasteiger partial charge in [0.05, 0.1) is 9.92 Å². The number of piperazine rings is 1. The van der Waals surface area contributed by atoms with E-state index < -0.39 is 15.8 Å². The van der Waals surface area contributed by atoms with Gasteiger partial charge >= 0.3 is 0 Å². The lowest BCUT2D eigenvalue weighted by molar-refractivity contribution is -0.134. The molecule has 0 radical (unpaired) electrons. The van der Waals surface area contributed by atoms with Gasteiger partial charge in [-0.15, -0.1) is 0 Å². The first-order valence-corrected chi connectivity index (χ1v) is 10.9. The van der Waals surface area contributed by atoms with E-state index in [1.54, 1.807) is 24.0 Å². The number of hydrogen-bond acceptors (Lipinski definition) is 4. The highest BCUT2D eigenvalue weighted by molar-refractivity contribution is 7.89. The van der Waals surface area contributed by atoms with Crippen molar-refractivity contribution in [2.24, 2.45) is 0 Å². The molecule has 29 heavy (non-hydrogen) atoms. The Hall–Kier alpha value is -2.16. The number of rotatable bonds is 5. The first-order chi connectivity index (χ1) is 13.7. The fourth-order valence-electron chi connectivity index (χ4n) is 3.13. The minimum atomic E-state index is -3.62. The monoisotopic (exact) mass is 440 g/mol. The molecule has 0 aromatic heterocycles. The van der Waals surface area contributed by atoms with Crippen LogP contribution in [-0.4, -0.2) is 56.3 Å². The summed E-state index contributed by atoms with van der Waals surface area (Å²) in [5, 5.41) is 0.0854. The zero-order chi connectivity index (χ0) is 21.2. The van der Waals surface area contributed by atoms with Gasteiger partial charge in [0.2, 0.25) is 10.0 Å². The SMILES string of the molecule is Cc1ccc(C)c(S(=O)(=O)N2CCN(C(=O)COc3ccc(F)cc3Cl)CC2)c1. The van der Waals surface area contributed by atoms with Crippen molar-refractivity contribution in [3.63, 3.8) is 0 Å². The van der Waals surface area contributed by atoms with E-state index in [0.29, 0.717) is 10.5 Å². The lowest BCUT2D eigenvalue weighted by Crippen LogP contribution is -2.51. The zero-order valence-corrected chi connectivity index (χ0v) is 17.8. The Morgan fingerprint density at radius 3 is 2.45 bits per heavy atom. The summed E-state index contributed by atoms with van der Waals surface area (Å²) < 4.78 is 45.8. The standard InChI is InChI=1S/C20H22ClFN2O4S/c1-14-3-4-15(2)19(11-14)29(26,27)24-9-7-23(8-10-24)20(25)13-28-18-6-5-16(22)12-17(18)21/h3-6,11-12H,7-10,13H2,1-2H3. The van der Waals surface area contributed by atoms with Crippen LogP contribution in [0.5, 0.6) is 5.75 Å². The quantitative estimate of drug-likeness (QED) is 0.716. The van der Waals surface area contributed by atoms with Gasteiger partial charge in [-0.25, -0.2) is 12.8 Å². The van der Waals surface area contributed by atoms with Crippen LogP contribution in [0.25, 0.3) is 0 Å². The second kappa shape index (κ2) is 8.69. The number of carbonyl (C=O) groups excluding carboxylic acids is 1. The summed E-state index contributed by atoms with van der Waals surface area (Å²) in [7, 11) is -3.62. The molecule has 0 bridgehead atoms. The van der Waals surface area contributed by atoms with Crippen molar-refractivity contribution >= 4 is 27.5 Å². The summed E-state index contributed by atoms with van der Waals surface area (Å²) in [5.74, 6) is -0.554. The van der Waals surface area contributed by atoms with E-state index in [0.717, 1.165) is 11.6 Å². The van der Waals surface area contributed by atoms with Crippen LogP contribution in [0, 0.1) is 19.7 Å². The molecule has 0 aliphatic carbocycles. The molecule has 1 fully saturated rings. The van der Waals surface area contributed by atoms with Crippen LogP contribution in [0.1, 0.15) is 11.1 Å². The van der Waals surface area contributed by atoms with Gasteiger partial charge in [-0.05, 0) is 49.2 Å². The second-order valence-electron chi connectivity index (χ2n) is 6.92. The third-order valence-corrected chi connectivity index (χ3v) is 7.13. The molecule has 0 saturated carbocycles. The Labute approximate surface area is 174 Å². The van der Waals surface area contributed by atoms with Gasteiger partial charge in [0.15, 0.2) is 6.61 Å². The summed E-state index contributed by atoms with van der Waals surface area (Å²) in [6.07, 6.45) is 0. The Balaban J connectivity index is 1.59. The molecule has 1 heterocycles. The normalized spacial score (nSPS) is 15.4. The second-order valence-corrected chi connectivity index (χ2v) is 9.23. The maximum atomic E-state index is 13.1. The number of amides is 1. The molecule has 6 nitrogen and oxygen atoms in total. The summed E-state index contributed by atoms with van der Waals surface area (Å²) in [6.45, 7) is 4.31. The fourth-order valence-corrected chi connectivity index (χ4v) is 5.08. The molecular formula is C20H22ClFN2O4S. The molecule has 2 aromatic carbocycles. The Morgan fingerprint density at radius 2 is 1.79 bits per heavy atom. The number of sulfonamides is 1. The van der Waals surface area contributed by atoms with E-state index >= 15 is 0 Å². The molecular weight excluding hydrogens is 419 g/mol. The Kier molecular flexibility index (Phi) is 6.45. The molecule has 1 aliphatic rings. The number of halogens is 2. The topological polar surface area (TPSA) is 66.9 Å². The summed E-state index contributed by atoms with van der Waals surface area (Å²) in [5.41, 5.74) is 1.57. The molecule has 9 heteroatoms. The lowest BCUT2D eigenvalue weighted by Gasteiger charge is -2.34. The lowest BCUT2D eigenvalue weighted by atomic mass is 10.2. The van der Waals surface area contributed by atoms with Crippen molar-refractivity contribution in [1.29, 1.82) is 0 Å². The first-order valence-electron chi connectivity index (χ1n) is 9.11. The van der Waals surface area contributed by atoms with Crippen LogP contribution in [0.15, 0.2) is 41.3 Å². The van der Waals surface area contributed by atoms with E-state index in [1.807, 2.05) is 13.0 Å². The number of carbonyl (C=O) groups is 1. The molecule has 0 atom stereocenters. The van der Waals surface area contributed by atoms with Gasteiger partial charge in [-0.3, -0.25) is 4.79 Å². The van der Waals surface area contributed by atoms with Crippen molar-refractivity contribution in [2.45, 2.75) is 18.7 Å². The largest absolute Gasteiger partial charge is 0.482 e. The molecule has 3 rings (SSSR count). The Bertz CT molecular complexity index is 1020.